The minimum atomic E-state index is -0.938. The number of nitrogens with zero attached hydrogens (tertiary/aromatic N) is 2. The Labute approximate surface area is 88.8 Å². The number of likely N-dealkylation sites (N-methyl/N-ethyl adjacent to an activating group) is 2. The van der Waals surface area contributed by atoms with Crippen molar-refractivity contribution in [1.82, 2.24) is 9.80 Å². The van der Waals surface area contributed by atoms with E-state index in [4.69, 9.17) is 0 Å². The van der Waals surface area contributed by atoms with Crippen LogP contribution in [0.3, 0.4) is 0 Å². The lowest BCUT2D eigenvalue weighted by Gasteiger charge is -2.17. The highest BCUT2D eigenvalue weighted by Crippen LogP contribution is 1.91. The molecule has 0 bridgehead atoms. The Morgan fingerprint density at radius 3 is 2.07 bits per heavy atom. The summed E-state index contributed by atoms with van der Waals surface area (Å²) in [5, 5.41) is 0. The highest BCUT2D eigenvalue weighted by molar-refractivity contribution is 6.32. The smallest absolute Gasteiger partial charge is 0.397 e. The average Bonchev–Trinajstić information content (AvgIpc) is 2.16. The van der Waals surface area contributed by atoms with Gasteiger partial charge in [0.15, 0.2) is 0 Å². The molecule has 0 saturated heterocycles. The summed E-state index contributed by atoms with van der Waals surface area (Å²) in [6.07, 6.45) is 0. The molecule has 0 N–H and O–H groups in total. The van der Waals surface area contributed by atoms with Crippen molar-refractivity contribution in [3.8, 4) is 0 Å². The molecule has 0 aromatic rings. The van der Waals surface area contributed by atoms with Gasteiger partial charge >= 0.3 is 11.9 Å². The quantitative estimate of drug-likeness (QED) is 0.453. The van der Waals surface area contributed by atoms with Crippen LogP contribution in [0.25, 0.3) is 0 Å². The van der Waals surface area contributed by atoms with Gasteiger partial charge in [0.05, 0.1) is 13.2 Å². The van der Waals surface area contributed by atoms with E-state index in [0.717, 1.165) is 4.90 Å². The highest BCUT2D eigenvalue weighted by atomic mass is 16.5. The summed E-state index contributed by atoms with van der Waals surface area (Å²) in [4.78, 5) is 35.9. The van der Waals surface area contributed by atoms with Gasteiger partial charge in [-0.15, -0.1) is 0 Å². The maximum atomic E-state index is 11.3. The molecule has 0 unspecified atom stereocenters. The first-order chi connectivity index (χ1) is 6.90. The van der Waals surface area contributed by atoms with Crippen molar-refractivity contribution in [2.45, 2.75) is 6.92 Å². The fourth-order valence-corrected chi connectivity index (χ4v) is 0.765. The summed E-state index contributed by atoms with van der Waals surface area (Å²) >= 11 is 0. The first-order valence-electron chi connectivity index (χ1n) is 4.52. The maximum absolute atomic E-state index is 11.3. The van der Waals surface area contributed by atoms with Gasteiger partial charge in [-0.05, 0) is 6.92 Å². The lowest BCUT2D eigenvalue weighted by Crippen LogP contribution is -2.41. The predicted octanol–water partition coefficient (Wildman–Crippen LogP) is -0.904. The number of hydrogen-bond donors (Lipinski definition) is 0. The molecule has 0 radical (unpaired) electrons. The Morgan fingerprint density at radius 1 is 1.13 bits per heavy atom. The van der Waals surface area contributed by atoms with Crippen molar-refractivity contribution in [2.75, 3.05) is 34.3 Å². The Hall–Kier alpha value is -1.59. The minimum Gasteiger partial charge on any atom is -0.459 e. The van der Waals surface area contributed by atoms with Crippen LogP contribution in [0.5, 0.6) is 0 Å². The van der Waals surface area contributed by atoms with Crippen molar-refractivity contribution >= 4 is 17.8 Å². The zero-order valence-corrected chi connectivity index (χ0v) is 9.44. The summed E-state index contributed by atoms with van der Waals surface area (Å²) in [6.45, 7) is 1.61. The van der Waals surface area contributed by atoms with Crippen molar-refractivity contribution < 1.29 is 19.1 Å². The number of ether oxygens (including phenoxy) is 1. The molecule has 6 nitrogen and oxygen atoms in total. The molecule has 0 aromatic carbocycles. The van der Waals surface area contributed by atoms with Crippen LogP contribution in [0.15, 0.2) is 0 Å². The van der Waals surface area contributed by atoms with Crippen molar-refractivity contribution in [1.29, 1.82) is 0 Å². The van der Waals surface area contributed by atoms with Gasteiger partial charge in [-0.25, -0.2) is 4.79 Å². The second-order valence-corrected chi connectivity index (χ2v) is 3.17. The molecule has 0 aromatic heterocycles. The van der Waals surface area contributed by atoms with E-state index in [9.17, 15) is 14.4 Å². The highest BCUT2D eigenvalue weighted by Gasteiger charge is 2.22. The molecule has 0 spiro atoms. The van der Waals surface area contributed by atoms with Gasteiger partial charge in [-0.2, -0.15) is 0 Å². The molecule has 0 aliphatic carbocycles. The normalized spacial score (nSPS) is 9.33. The lowest BCUT2D eigenvalue weighted by molar-refractivity contribution is -0.159. The van der Waals surface area contributed by atoms with Crippen molar-refractivity contribution in [3.63, 3.8) is 0 Å². The summed E-state index contributed by atoms with van der Waals surface area (Å²) < 4.78 is 4.51. The molecule has 86 valence electrons. The van der Waals surface area contributed by atoms with Gasteiger partial charge in [-0.1, -0.05) is 0 Å². The van der Waals surface area contributed by atoms with E-state index in [2.05, 4.69) is 4.74 Å². The number of carbonyl (C=O) groups excluding carboxylic acids is 3. The van der Waals surface area contributed by atoms with Crippen LogP contribution in [0.4, 0.5) is 0 Å². The van der Waals surface area contributed by atoms with Crippen LogP contribution in [0.2, 0.25) is 0 Å². The summed E-state index contributed by atoms with van der Waals surface area (Å²) in [5.41, 5.74) is 0. The molecule has 6 heteroatoms. The van der Waals surface area contributed by atoms with Crippen LogP contribution >= 0.6 is 0 Å². The molecule has 0 fully saturated rings. The first kappa shape index (κ1) is 13.4. The fraction of sp³-hybridized carbons (Fsp3) is 0.667. The summed E-state index contributed by atoms with van der Waals surface area (Å²) in [6, 6.07) is 0. The van der Waals surface area contributed by atoms with Crippen LogP contribution in [0.1, 0.15) is 6.92 Å². The SMILES string of the molecule is CCOC(=O)C(=O)N(C)CC(=O)N(C)C. The third-order valence-corrected chi connectivity index (χ3v) is 1.67. The van der Waals surface area contributed by atoms with Crippen LogP contribution in [0, 0.1) is 0 Å². The van der Waals surface area contributed by atoms with Gasteiger partial charge in [0.2, 0.25) is 5.91 Å². The van der Waals surface area contributed by atoms with E-state index in [1.807, 2.05) is 0 Å². The molecular formula is C9H16N2O4. The zero-order chi connectivity index (χ0) is 12.0. The first-order valence-corrected chi connectivity index (χ1v) is 4.52. The third-order valence-electron chi connectivity index (χ3n) is 1.67. The molecule has 0 atom stereocenters. The number of carbonyl (C=O) groups is 3. The Bertz CT molecular complexity index is 263. The van der Waals surface area contributed by atoms with Crippen molar-refractivity contribution in [3.05, 3.63) is 0 Å². The molecule has 0 aliphatic heterocycles. The number of esters is 1. The molecule has 0 saturated carbocycles. The topological polar surface area (TPSA) is 66.9 Å². The molecule has 0 aliphatic rings. The third kappa shape index (κ3) is 4.44. The van der Waals surface area contributed by atoms with Crippen LogP contribution in [-0.2, 0) is 19.1 Å². The molecule has 15 heavy (non-hydrogen) atoms. The lowest BCUT2D eigenvalue weighted by atomic mass is 10.4. The van der Waals surface area contributed by atoms with Gasteiger partial charge in [0.1, 0.15) is 0 Å². The minimum absolute atomic E-state index is 0.134. The molecule has 0 heterocycles. The van der Waals surface area contributed by atoms with Gasteiger partial charge in [-0.3, -0.25) is 9.59 Å². The maximum Gasteiger partial charge on any atom is 0.397 e. The van der Waals surface area contributed by atoms with E-state index >= 15 is 0 Å². The van der Waals surface area contributed by atoms with Gasteiger partial charge in [0.25, 0.3) is 0 Å². The second-order valence-electron chi connectivity index (χ2n) is 3.17. The summed E-state index contributed by atoms with van der Waals surface area (Å²) in [5.74, 6) is -2.01. The van der Waals surface area contributed by atoms with E-state index in [1.165, 1.54) is 11.9 Å². The Morgan fingerprint density at radius 2 is 1.67 bits per heavy atom. The van der Waals surface area contributed by atoms with Crippen molar-refractivity contribution in [2.24, 2.45) is 0 Å². The molecule has 0 rings (SSSR count). The van der Waals surface area contributed by atoms with E-state index in [-0.39, 0.29) is 19.1 Å². The largest absolute Gasteiger partial charge is 0.459 e. The van der Waals surface area contributed by atoms with E-state index in [0.29, 0.717) is 0 Å². The number of amides is 2. The molecule has 2 amide bonds. The standard InChI is InChI=1S/C9H16N2O4/c1-5-15-9(14)8(13)11(4)6-7(12)10(2)3/h5-6H2,1-4H3. The Kier molecular flexibility index (Phi) is 5.36. The predicted molar refractivity (Wildman–Crippen MR) is 53.0 cm³/mol. The van der Waals surface area contributed by atoms with E-state index in [1.54, 1.807) is 21.0 Å². The number of hydrogen-bond acceptors (Lipinski definition) is 4. The fourth-order valence-electron chi connectivity index (χ4n) is 0.765. The second kappa shape index (κ2) is 6.00. The van der Waals surface area contributed by atoms with Crippen LogP contribution in [-0.4, -0.2) is 61.9 Å². The average molecular weight is 216 g/mol. The molecular weight excluding hydrogens is 200 g/mol. The number of rotatable bonds is 3. The van der Waals surface area contributed by atoms with Crippen LogP contribution < -0.4 is 0 Å². The van der Waals surface area contributed by atoms with Gasteiger partial charge < -0.3 is 14.5 Å². The Balaban J connectivity index is 4.21. The monoisotopic (exact) mass is 216 g/mol. The zero-order valence-electron chi connectivity index (χ0n) is 9.44. The van der Waals surface area contributed by atoms with E-state index < -0.39 is 11.9 Å². The summed E-state index contributed by atoms with van der Waals surface area (Å²) in [7, 11) is 4.52. The van der Waals surface area contributed by atoms with Gasteiger partial charge in [0, 0.05) is 21.1 Å².